The molecule has 0 aliphatic rings. The van der Waals surface area contributed by atoms with E-state index in [2.05, 4.69) is 15.1 Å². The number of methoxy groups -OCH3 is 1. The molecule has 0 amide bonds. The van der Waals surface area contributed by atoms with Gasteiger partial charge >= 0.3 is 6.30 Å². The summed E-state index contributed by atoms with van der Waals surface area (Å²) in [7, 11) is 1.47. The molecule has 0 spiro atoms. The van der Waals surface area contributed by atoms with Gasteiger partial charge in [-0.1, -0.05) is 30.3 Å². The molecule has 9 heteroatoms. The van der Waals surface area contributed by atoms with Crippen molar-refractivity contribution >= 4 is 16.6 Å². The molecule has 6 nitrogen and oxygen atoms in total. The van der Waals surface area contributed by atoms with Crippen LogP contribution in [-0.2, 0) is 6.30 Å². The number of aromatic nitrogens is 4. The fourth-order valence-corrected chi connectivity index (χ4v) is 2.98. The van der Waals surface area contributed by atoms with E-state index in [0.717, 1.165) is 6.20 Å². The number of benzene rings is 2. The number of rotatable bonds is 3. The van der Waals surface area contributed by atoms with Gasteiger partial charge in [0.2, 0.25) is 0 Å². The van der Waals surface area contributed by atoms with Gasteiger partial charge in [0.25, 0.3) is 0 Å². The molecule has 0 saturated heterocycles. The van der Waals surface area contributed by atoms with Gasteiger partial charge in [-0.05, 0) is 6.07 Å². The molecule has 0 aliphatic heterocycles. The quantitative estimate of drug-likeness (QED) is 0.534. The molecule has 0 unspecified atom stereocenters. The molecule has 2 aromatic heterocycles. The van der Waals surface area contributed by atoms with Crippen molar-refractivity contribution in [1.82, 2.24) is 19.7 Å². The lowest BCUT2D eigenvalue weighted by Gasteiger charge is -2.09. The van der Waals surface area contributed by atoms with Gasteiger partial charge < -0.3 is 10.5 Å². The average molecular weight is 385 g/mol. The van der Waals surface area contributed by atoms with Crippen LogP contribution in [0.4, 0.5) is 18.9 Å². The second-order valence-corrected chi connectivity index (χ2v) is 6.00. The zero-order chi connectivity index (χ0) is 19.9. The van der Waals surface area contributed by atoms with E-state index >= 15 is 0 Å². The van der Waals surface area contributed by atoms with Gasteiger partial charge in [-0.2, -0.15) is 9.78 Å². The minimum absolute atomic E-state index is 0.0223. The molecular weight excluding hydrogens is 371 g/mol. The minimum atomic E-state index is -4.66. The van der Waals surface area contributed by atoms with E-state index in [0.29, 0.717) is 33.6 Å². The minimum Gasteiger partial charge on any atom is -0.495 e. The highest BCUT2D eigenvalue weighted by Crippen LogP contribution is 2.38. The number of alkyl halides is 3. The standard InChI is InChI=1S/C19H14F3N5O/c1-28-16-8-15-12(7-14(16)23)18(25-10-24-15)13-9-27(19(20,21)22)26-17(13)11-5-3-2-4-6-11/h2-10H,23H2,1H3. The number of nitrogen functional groups attached to an aromatic ring is 1. The summed E-state index contributed by atoms with van der Waals surface area (Å²) in [5, 5.41) is 4.27. The molecule has 0 atom stereocenters. The fraction of sp³-hybridized carbons (Fsp3) is 0.105. The van der Waals surface area contributed by atoms with Gasteiger partial charge in [0.05, 0.1) is 24.0 Å². The van der Waals surface area contributed by atoms with Crippen molar-refractivity contribution in [2.45, 2.75) is 6.30 Å². The Morgan fingerprint density at radius 2 is 1.79 bits per heavy atom. The number of halogens is 3. The topological polar surface area (TPSA) is 78.9 Å². The van der Waals surface area contributed by atoms with E-state index in [1.807, 2.05) is 0 Å². The van der Waals surface area contributed by atoms with Crippen LogP contribution in [-0.4, -0.2) is 26.9 Å². The highest BCUT2D eigenvalue weighted by atomic mass is 19.4. The highest BCUT2D eigenvalue weighted by molar-refractivity contribution is 5.98. The van der Waals surface area contributed by atoms with E-state index in [9.17, 15) is 13.2 Å². The molecule has 4 rings (SSSR count). The molecule has 0 saturated carbocycles. The highest BCUT2D eigenvalue weighted by Gasteiger charge is 2.34. The van der Waals surface area contributed by atoms with Crippen LogP contribution in [0.5, 0.6) is 5.75 Å². The first kappa shape index (κ1) is 17.8. The summed E-state index contributed by atoms with van der Waals surface area (Å²) in [5.41, 5.74) is 8.03. The van der Waals surface area contributed by atoms with E-state index in [1.165, 1.54) is 13.4 Å². The first-order chi connectivity index (χ1) is 13.4. The summed E-state index contributed by atoms with van der Waals surface area (Å²) in [4.78, 5) is 8.41. The van der Waals surface area contributed by atoms with Crippen LogP contribution < -0.4 is 10.5 Å². The molecular formula is C19H14F3N5O. The average Bonchev–Trinajstić information content (AvgIpc) is 3.13. The maximum atomic E-state index is 13.3. The molecule has 0 fully saturated rings. The maximum absolute atomic E-state index is 13.3. The van der Waals surface area contributed by atoms with Gasteiger partial charge in [0.15, 0.2) is 0 Å². The number of fused-ring (bicyclic) bond motifs is 1. The third kappa shape index (κ3) is 3.00. The summed E-state index contributed by atoms with van der Waals surface area (Å²) < 4.78 is 45.1. The Morgan fingerprint density at radius 3 is 2.46 bits per heavy atom. The predicted molar refractivity (Wildman–Crippen MR) is 98.5 cm³/mol. The summed E-state index contributed by atoms with van der Waals surface area (Å²) in [6.45, 7) is 0. The van der Waals surface area contributed by atoms with Crippen molar-refractivity contribution in [3.05, 3.63) is 55.0 Å². The monoisotopic (exact) mass is 385 g/mol. The number of nitrogens with zero attached hydrogens (tertiary/aromatic N) is 4. The van der Waals surface area contributed by atoms with Crippen molar-refractivity contribution < 1.29 is 17.9 Å². The normalized spacial score (nSPS) is 11.7. The molecule has 2 aromatic carbocycles. The van der Waals surface area contributed by atoms with Crippen molar-refractivity contribution in [3.63, 3.8) is 0 Å². The molecule has 4 aromatic rings. The lowest BCUT2D eigenvalue weighted by molar-refractivity contribution is -0.212. The fourth-order valence-electron chi connectivity index (χ4n) is 2.98. The van der Waals surface area contributed by atoms with Crippen LogP contribution >= 0.6 is 0 Å². The van der Waals surface area contributed by atoms with Crippen LogP contribution in [0.25, 0.3) is 33.4 Å². The summed E-state index contributed by atoms with van der Waals surface area (Å²) in [5.74, 6) is 0.423. The Hall–Kier alpha value is -3.62. The Morgan fingerprint density at radius 1 is 1.04 bits per heavy atom. The number of hydrogen-bond acceptors (Lipinski definition) is 5. The Kier molecular flexibility index (Phi) is 4.14. The zero-order valence-corrected chi connectivity index (χ0v) is 14.6. The van der Waals surface area contributed by atoms with Crippen molar-refractivity contribution in [3.8, 4) is 28.3 Å². The van der Waals surface area contributed by atoms with E-state index in [4.69, 9.17) is 10.5 Å². The largest absolute Gasteiger partial charge is 0.504 e. The predicted octanol–water partition coefficient (Wildman–Crippen LogP) is 4.23. The molecule has 2 N–H and O–H groups in total. The second kappa shape index (κ2) is 6.52. The molecule has 28 heavy (non-hydrogen) atoms. The van der Waals surface area contributed by atoms with E-state index < -0.39 is 6.30 Å². The summed E-state index contributed by atoms with van der Waals surface area (Å²) in [6, 6.07) is 11.8. The van der Waals surface area contributed by atoms with Gasteiger partial charge in [0.1, 0.15) is 17.8 Å². The second-order valence-electron chi connectivity index (χ2n) is 6.00. The number of hydrogen-bond donors (Lipinski definition) is 1. The number of anilines is 1. The zero-order valence-electron chi connectivity index (χ0n) is 14.6. The van der Waals surface area contributed by atoms with Gasteiger partial charge in [-0.3, -0.25) is 0 Å². The molecule has 142 valence electrons. The van der Waals surface area contributed by atoms with Crippen molar-refractivity contribution in [1.29, 1.82) is 0 Å². The Balaban J connectivity index is 2.01. The molecule has 0 aliphatic carbocycles. The third-order valence-corrected chi connectivity index (χ3v) is 4.26. The van der Waals surface area contributed by atoms with Crippen molar-refractivity contribution in [2.24, 2.45) is 0 Å². The third-order valence-electron chi connectivity index (χ3n) is 4.26. The maximum Gasteiger partial charge on any atom is 0.504 e. The van der Waals surface area contributed by atoms with Crippen LogP contribution in [0.2, 0.25) is 0 Å². The lowest BCUT2D eigenvalue weighted by Crippen LogP contribution is -2.17. The van der Waals surface area contributed by atoms with E-state index in [1.54, 1.807) is 42.5 Å². The van der Waals surface area contributed by atoms with Crippen LogP contribution in [0.15, 0.2) is 55.0 Å². The SMILES string of the molecule is COc1cc2ncnc(-c3cn(C(F)(F)F)nc3-c3ccccc3)c2cc1N. The van der Waals surface area contributed by atoms with Gasteiger partial charge in [0, 0.05) is 28.8 Å². The molecule has 2 heterocycles. The smallest absolute Gasteiger partial charge is 0.495 e. The molecule has 0 radical (unpaired) electrons. The first-order valence-corrected chi connectivity index (χ1v) is 8.19. The van der Waals surface area contributed by atoms with Gasteiger partial charge in [-0.15, -0.1) is 13.2 Å². The summed E-state index contributed by atoms with van der Waals surface area (Å²) >= 11 is 0. The number of ether oxygens (including phenoxy) is 1. The lowest BCUT2D eigenvalue weighted by atomic mass is 10.0. The Labute approximate surface area is 157 Å². The molecule has 0 bridgehead atoms. The van der Waals surface area contributed by atoms with E-state index in [-0.39, 0.29) is 15.9 Å². The Bertz CT molecular complexity index is 1160. The van der Waals surface area contributed by atoms with Crippen molar-refractivity contribution in [2.75, 3.05) is 12.8 Å². The van der Waals surface area contributed by atoms with Crippen LogP contribution in [0, 0.1) is 0 Å². The van der Waals surface area contributed by atoms with Crippen LogP contribution in [0.3, 0.4) is 0 Å². The van der Waals surface area contributed by atoms with Crippen LogP contribution in [0.1, 0.15) is 0 Å². The number of nitrogens with two attached hydrogens (primary N) is 1. The summed E-state index contributed by atoms with van der Waals surface area (Å²) in [6.07, 6.45) is -2.45. The van der Waals surface area contributed by atoms with Gasteiger partial charge in [-0.25, -0.2) is 9.97 Å². The first-order valence-electron chi connectivity index (χ1n) is 8.19.